The molecule has 0 aliphatic carbocycles. The van der Waals surface area contributed by atoms with Crippen molar-refractivity contribution in [2.45, 2.75) is 33.8 Å². The largest absolute Gasteiger partial charge is 0.490 e. The quantitative estimate of drug-likeness (QED) is 0.576. The van der Waals surface area contributed by atoms with E-state index in [4.69, 9.17) is 16.3 Å². The second-order valence-electron chi connectivity index (χ2n) is 6.29. The molecule has 0 heterocycles. The van der Waals surface area contributed by atoms with Gasteiger partial charge in [0.05, 0.1) is 6.10 Å². The van der Waals surface area contributed by atoms with Crippen LogP contribution in [0.15, 0.2) is 42.0 Å². The van der Waals surface area contributed by atoms with Gasteiger partial charge in [-0.25, -0.2) is 0 Å². The Morgan fingerprint density at radius 3 is 2.62 bits per heavy atom. The number of benzene rings is 2. The van der Waals surface area contributed by atoms with Gasteiger partial charge >= 0.3 is 0 Å². The van der Waals surface area contributed by atoms with E-state index in [1.165, 1.54) is 6.08 Å². The Bertz CT molecular complexity index is 895. The molecule has 1 amide bonds. The molecule has 0 aliphatic rings. The summed E-state index contributed by atoms with van der Waals surface area (Å²) in [6, 6.07) is 12.8. The monoisotopic (exact) mass is 368 g/mol. The lowest BCUT2D eigenvalue weighted by Crippen LogP contribution is -2.14. The van der Waals surface area contributed by atoms with Crippen molar-refractivity contribution in [3.05, 3.63) is 63.7 Å². The van der Waals surface area contributed by atoms with Crippen LogP contribution in [-0.4, -0.2) is 12.0 Å². The maximum atomic E-state index is 12.6. The molecule has 2 rings (SSSR count). The van der Waals surface area contributed by atoms with Crippen LogP contribution in [0.3, 0.4) is 0 Å². The number of amides is 1. The average Bonchev–Trinajstić information content (AvgIpc) is 2.57. The smallest absolute Gasteiger partial charge is 0.266 e. The van der Waals surface area contributed by atoms with Crippen molar-refractivity contribution < 1.29 is 9.53 Å². The van der Waals surface area contributed by atoms with Crippen molar-refractivity contribution in [3.63, 3.8) is 0 Å². The molecule has 0 bridgehead atoms. The molecule has 4 nitrogen and oxygen atoms in total. The second-order valence-corrected chi connectivity index (χ2v) is 6.73. The number of nitrogens with zero attached hydrogens (tertiary/aromatic N) is 1. The number of hydrogen-bond acceptors (Lipinski definition) is 3. The molecule has 0 aromatic heterocycles. The van der Waals surface area contributed by atoms with Gasteiger partial charge in [-0.2, -0.15) is 5.26 Å². The van der Waals surface area contributed by atoms with Crippen LogP contribution in [-0.2, 0) is 4.79 Å². The molecule has 0 radical (unpaired) electrons. The van der Waals surface area contributed by atoms with Crippen LogP contribution in [0.4, 0.5) is 5.69 Å². The van der Waals surface area contributed by atoms with Crippen molar-refractivity contribution in [2.24, 2.45) is 0 Å². The lowest BCUT2D eigenvalue weighted by atomic mass is 10.1. The maximum Gasteiger partial charge on any atom is 0.266 e. The third-order valence-corrected chi connectivity index (χ3v) is 3.88. The normalized spacial score (nSPS) is 11.2. The van der Waals surface area contributed by atoms with Gasteiger partial charge < -0.3 is 10.1 Å². The standard InChI is InChI=1S/C21H21ClN2O2/c1-13(2)26-20-8-7-18(22)11-16(20)10-17(12-23)21(25)24-19-9-14(3)5-6-15(19)4/h5-11,13H,1-4H3,(H,24,25)/b17-10+. The number of rotatable bonds is 5. The van der Waals surface area contributed by atoms with Gasteiger partial charge in [0.25, 0.3) is 5.91 Å². The molecule has 2 aromatic carbocycles. The van der Waals surface area contributed by atoms with Crippen molar-refractivity contribution in [1.82, 2.24) is 0 Å². The Morgan fingerprint density at radius 2 is 1.96 bits per heavy atom. The van der Waals surface area contributed by atoms with Crippen molar-refractivity contribution in [1.29, 1.82) is 5.26 Å². The Morgan fingerprint density at radius 1 is 1.23 bits per heavy atom. The molecule has 0 saturated carbocycles. The molecule has 0 unspecified atom stereocenters. The van der Waals surface area contributed by atoms with E-state index >= 15 is 0 Å². The zero-order chi connectivity index (χ0) is 19.3. The first-order valence-corrected chi connectivity index (χ1v) is 8.64. The molecule has 2 aromatic rings. The van der Waals surface area contributed by atoms with Crippen molar-refractivity contribution in [3.8, 4) is 11.8 Å². The summed E-state index contributed by atoms with van der Waals surface area (Å²) in [5.74, 6) is 0.0911. The number of carbonyl (C=O) groups excluding carboxylic acids is 1. The number of aryl methyl sites for hydroxylation is 2. The molecular weight excluding hydrogens is 348 g/mol. The average molecular weight is 369 g/mol. The molecule has 0 aliphatic heterocycles. The van der Waals surface area contributed by atoms with Crippen LogP contribution in [0.25, 0.3) is 6.08 Å². The predicted molar refractivity (Wildman–Crippen MR) is 105 cm³/mol. The highest BCUT2D eigenvalue weighted by Gasteiger charge is 2.13. The summed E-state index contributed by atoms with van der Waals surface area (Å²) in [6.45, 7) is 7.65. The fraction of sp³-hybridized carbons (Fsp3) is 0.238. The number of carbonyl (C=O) groups is 1. The molecule has 26 heavy (non-hydrogen) atoms. The number of nitriles is 1. The number of anilines is 1. The van der Waals surface area contributed by atoms with E-state index in [-0.39, 0.29) is 11.7 Å². The minimum Gasteiger partial charge on any atom is -0.490 e. The molecule has 134 valence electrons. The molecule has 0 atom stereocenters. The van der Waals surface area contributed by atoms with Gasteiger partial charge in [0.15, 0.2) is 0 Å². The van der Waals surface area contributed by atoms with Gasteiger partial charge in [0.1, 0.15) is 17.4 Å². The zero-order valence-corrected chi connectivity index (χ0v) is 16.0. The Labute approximate surface area is 159 Å². The summed E-state index contributed by atoms with van der Waals surface area (Å²) in [4.78, 5) is 12.6. The first-order chi connectivity index (χ1) is 12.3. The minimum absolute atomic E-state index is 0.0261. The summed E-state index contributed by atoms with van der Waals surface area (Å²) in [5, 5.41) is 12.7. The number of hydrogen-bond donors (Lipinski definition) is 1. The topological polar surface area (TPSA) is 62.1 Å². The van der Waals surface area contributed by atoms with Gasteiger partial charge in [-0.3, -0.25) is 4.79 Å². The lowest BCUT2D eigenvalue weighted by Gasteiger charge is -2.13. The van der Waals surface area contributed by atoms with E-state index in [2.05, 4.69) is 5.32 Å². The van der Waals surface area contributed by atoms with Crippen LogP contribution < -0.4 is 10.1 Å². The molecule has 0 spiro atoms. The van der Waals surface area contributed by atoms with E-state index in [1.54, 1.807) is 18.2 Å². The molecule has 0 fully saturated rings. The van der Waals surface area contributed by atoms with E-state index < -0.39 is 5.91 Å². The first kappa shape index (κ1) is 19.6. The Kier molecular flexibility index (Phi) is 6.43. The van der Waals surface area contributed by atoms with Crippen molar-refractivity contribution in [2.75, 3.05) is 5.32 Å². The molecule has 5 heteroatoms. The molecule has 1 N–H and O–H groups in total. The van der Waals surface area contributed by atoms with Gasteiger partial charge in [-0.1, -0.05) is 23.7 Å². The second kappa shape index (κ2) is 8.55. The lowest BCUT2D eigenvalue weighted by molar-refractivity contribution is -0.112. The third-order valence-electron chi connectivity index (χ3n) is 3.64. The van der Waals surface area contributed by atoms with Crippen molar-refractivity contribution >= 4 is 29.3 Å². The third kappa shape index (κ3) is 5.11. The predicted octanol–water partition coefficient (Wildman–Crippen LogP) is 5.29. The Balaban J connectivity index is 2.36. The van der Waals surface area contributed by atoms with E-state index in [1.807, 2.05) is 52.0 Å². The zero-order valence-electron chi connectivity index (χ0n) is 15.3. The SMILES string of the molecule is Cc1ccc(C)c(NC(=O)/C(C#N)=C/c2cc(Cl)ccc2OC(C)C)c1. The van der Waals surface area contributed by atoms with Crippen LogP contribution in [0, 0.1) is 25.2 Å². The summed E-state index contributed by atoms with van der Waals surface area (Å²) in [7, 11) is 0. The number of ether oxygens (including phenoxy) is 1. The van der Waals surface area contributed by atoms with Crippen LogP contribution >= 0.6 is 11.6 Å². The summed E-state index contributed by atoms with van der Waals surface area (Å²) in [6.07, 6.45) is 1.45. The summed E-state index contributed by atoms with van der Waals surface area (Å²) < 4.78 is 5.73. The molecule has 0 saturated heterocycles. The highest BCUT2D eigenvalue weighted by atomic mass is 35.5. The van der Waals surface area contributed by atoms with Crippen LogP contribution in [0.2, 0.25) is 5.02 Å². The van der Waals surface area contributed by atoms with E-state index in [9.17, 15) is 10.1 Å². The first-order valence-electron chi connectivity index (χ1n) is 8.26. The Hall–Kier alpha value is -2.77. The maximum absolute atomic E-state index is 12.6. The fourth-order valence-corrected chi connectivity index (χ4v) is 2.54. The summed E-state index contributed by atoms with van der Waals surface area (Å²) >= 11 is 6.06. The molecular formula is C21H21ClN2O2. The minimum atomic E-state index is -0.475. The highest BCUT2D eigenvalue weighted by Crippen LogP contribution is 2.27. The van der Waals surface area contributed by atoms with Gasteiger partial charge in [0, 0.05) is 16.3 Å². The number of nitrogens with one attached hydrogen (secondary N) is 1. The van der Waals surface area contributed by atoms with Crippen LogP contribution in [0.5, 0.6) is 5.75 Å². The van der Waals surface area contributed by atoms with E-state index in [0.717, 1.165) is 11.1 Å². The van der Waals surface area contributed by atoms with E-state index in [0.29, 0.717) is 22.0 Å². The van der Waals surface area contributed by atoms with Gasteiger partial charge in [-0.15, -0.1) is 0 Å². The fourth-order valence-electron chi connectivity index (χ4n) is 2.36. The van der Waals surface area contributed by atoms with Crippen LogP contribution in [0.1, 0.15) is 30.5 Å². The van der Waals surface area contributed by atoms with Gasteiger partial charge in [-0.05, 0) is 69.2 Å². The number of halogens is 1. The highest BCUT2D eigenvalue weighted by molar-refractivity contribution is 6.30. The van der Waals surface area contributed by atoms with Gasteiger partial charge in [0.2, 0.25) is 0 Å². The summed E-state index contributed by atoms with van der Waals surface area (Å²) in [5.41, 5.74) is 3.19.